The summed E-state index contributed by atoms with van der Waals surface area (Å²) in [6, 6.07) is 19.6. The van der Waals surface area contributed by atoms with Crippen molar-refractivity contribution in [3.05, 3.63) is 72.6 Å². The lowest BCUT2D eigenvalue weighted by Gasteiger charge is -2.38. The van der Waals surface area contributed by atoms with E-state index in [2.05, 4.69) is 77.7 Å². The first-order valence-electron chi connectivity index (χ1n) is 11.9. The number of fused-ring (bicyclic) bond motifs is 1. The smallest absolute Gasteiger partial charge is 0.140 e. The van der Waals surface area contributed by atoms with E-state index < -0.39 is 10.8 Å². The van der Waals surface area contributed by atoms with Crippen LogP contribution in [0.15, 0.2) is 71.9 Å². The van der Waals surface area contributed by atoms with Gasteiger partial charge in [0.2, 0.25) is 0 Å². The van der Waals surface area contributed by atoms with Crippen LogP contribution in [0.3, 0.4) is 0 Å². The first-order valence-corrected chi connectivity index (χ1v) is 13.5. The fourth-order valence-corrected chi connectivity index (χ4v) is 5.26. The second-order valence-corrected chi connectivity index (χ2v) is 10.8. The van der Waals surface area contributed by atoms with Gasteiger partial charge in [0.25, 0.3) is 0 Å². The molecule has 0 radical (unpaired) electrons. The van der Waals surface area contributed by atoms with E-state index in [9.17, 15) is 4.21 Å². The van der Waals surface area contributed by atoms with E-state index in [0.29, 0.717) is 6.04 Å². The molecule has 2 aromatic carbocycles. The normalized spacial score (nSPS) is 15.9. The van der Waals surface area contributed by atoms with Crippen LogP contribution in [-0.4, -0.2) is 57.0 Å². The minimum Gasteiger partial charge on any atom is -0.369 e. The Hall–Kier alpha value is -2.96. The van der Waals surface area contributed by atoms with Crippen LogP contribution >= 0.6 is 0 Å². The zero-order valence-corrected chi connectivity index (χ0v) is 21.2. The van der Waals surface area contributed by atoms with Crippen LogP contribution in [-0.2, 0) is 10.8 Å². The molecule has 2 aromatic heterocycles. The molecular formula is C28H32N4OS. The van der Waals surface area contributed by atoms with Gasteiger partial charge in [-0.05, 0) is 67.8 Å². The summed E-state index contributed by atoms with van der Waals surface area (Å²) in [5.41, 5.74) is 7.74. The maximum absolute atomic E-state index is 11.7. The second kappa shape index (κ2) is 9.35. The van der Waals surface area contributed by atoms with Crippen molar-refractivity contribution in [2.24, 2.45) is 0 Å². The maximum Gasteiger partial charge on any atom is 0.140 e. The Labute approximate surface area is 204 Å². The van der Waals surface area contributed by atoms with Gasteiger partial charge in [-0.2, -0.15) is 0 Å². The number of benzene rings is 2. The van der Waals surface area contributed by atoms with E-state index in [1.165, 1.54) is 16.8 Å². The molecule has 1 unspecified atom stereocenters. The molecule has 176 valence electrons. The van der Waals surface area contributed by atoms with Gasteiger partial charge in [0.15, 0.2) is 0 Å². The number of aromatic nitrogens is 2. The second-order valence-electron chi connectivity index (χ2n) is 9.41. The highest BCUT2D eigenvalue weighted by molar-refractivity contribution is 7.84. The SMILES string of the molecule is Cc1cc(-c2ccc(N3CCN(C(C)C)CC3)cc2)cn2cc(-c3ccc(S(C)=O)cc3)nc12. The van der Waals surface area contributed by atoms with Crippen LogP contribution < -0.4 is 4.90 Å². The Morgan fingerprint density at radius 3 is 2.12 bits per heavy atom. The zero-order valence-electron chi connectivity index (χ0n) is 20.4. The van der Waals surface area contributed by atoms with Crippen LogP contribution in [0.5, 0.6) is 0 Å². The lowest BCUT2D eigenvalue weighted by atomic mass is 10.1. The summed E-state index contributed by atoms with van der Waals surface area (Å²) in [6.45, 7) is 11.1. The number of aryl methyl sites for hydroxylation is 1. The zero-order chi connectivity index (χ0) is 23.8. The van der Waals surface area contributed by atoms with Gasteiger partial charge in [0.1, 0.15) is 5.65 Å². The van der Waals surface area contributed by atoms with Gasteiger partial charge < -0.3 is 9.30 Å². The summed E-state index contributed by atoms with van der Waals surface area (Å²) in [5, 5.41) is 0. The van der Waals surface area contributed by atoms with Crippen LogP contribution in [0.2, 0.25) is 0 Å². The number of hydrogen-bond donors (Lipinski definition) is 0. The molecule has 1 saturated heterocycles. The lowest BCUT2D eigenvalue weighted by Crippen LogP contribution is -2.48. The van der Waals surface area contributed by atoms with Crippen LogP contribution in [0, 0.1) is 6.92 Å². The summed E-state index contributed by atoms with van der Waals surface area (Å²) >= 11 is 0. The molecule has 0 amide bonds. The summed E-state index contributed by atoms with van der Waals surface area (Å²) in [6.07, 6.45) is 5.93. The average molecular weight is 473 g/mol. The van der Waals surface area contributed by atoms with Crippen molar-refractivity contribution in [2.75, 3.05) is 37.3 Å². The number of anilines is 1. The third kappa shape index (κ3) is 4.52. The number of nitrogens with zero attached hydrogens (tertiary/aromatic N) is 4. The van der Waals surface area contributed by atoms with Crippen molar-refractivity contribution in [1.82, 2.24) is 14.3 Å². The number of rotatable bonds is 5. The summed E-state index contributed by atoms with van der Waals surface area (Å²) in [5.74, 6) is 0. The molecule has 1 fully saturated rings. The number of hydrogen-bond acceptors (Lipinski definition) is 4. The van der Waals surface area contributed by atoms with E-state index in [-0.39, 0.29) is 0 Å². The Kier molecular flexibility index (Phi) is 6.28. The van der Waals surface area contributed by atoms with Crippen LogP contribution in [0.4, 0.5) is 5.69 Å². The molecule has 1 atom stereocenters. The molecule has 6 heteroatoms. The average Bonchev–Trinajstić information content (AvgIpc) is 3.29. The molecule has 4 aromatic rings. The van der Waals surface area contributed by atoms with Crippen LogP contribution in [0.25, 0.3) is 28.0 Å². The molecule has 0 spiro atoms. The van der Waals surface area contributed by atoms with Crippen molar-refractivity contribution in [3.63, 3.8) is 0 Å². The molecule has 5 nitrogen and oxygen atoms in total. The van der Waals surface area contributed by atoms with Gasteiger partial charge in [0.05, 0.1) is 5.69 Å². The van der Waals surface area contributed by atoms with Gasteiger partial charge in [0, 0.05) is 77.8 Å². The van der Waals surface area contributed by atoms with E-state index in [1.807, 2.05) is 24.3 Å². The van der Waals surface area contributed by atoms with E-state index >= 15 is 0 Å². The van der Waals surface area contributed by atoms with Crippen molar-refractivity contribution in [3.8, 4) is 22.4 Å². The molecule has 1 aliphatic heterocycles. The molecule has 5 rings (SSSR count). The van der Waals surface area contributed by atoms with Crippen molar-refractivity contribution in [2.45, 2.75) is 31.7 Å². The predicted octanol–water partition coefficient (Wildman–Crippen LogP) is 5.24. The Bertz CT molecular complexity index is 1320. The third-order valence-electron chi connectivity index (χ3n) is 6.83. The fourth-order valence-electron chi connectivity index (χ4n) is 4.74. The maximum atomic E-state index is 11.7. The highest BCUT2D eigenvalue weighted by atomic mass is 32.2. The quantitative estimate of drug-likeness (QED) is 0.398. The molecular weight excluding hydrogens is 440 g/mol. The number of piperazine rings is 1. The van der Waals surface area contributed by atoms with E-state index in [4.69, 9.17) is 4.98 Å². The number of imidazole rings is 1. The first kappa shape index (κ1) is 22.8. The van der Waals surface area contributed by atoms with Gasteiger partial charge >= 0.3 is 0 Å². The standard InChI is InChI=1S/C28H32N4OS/c1-20(2)30-13-15-31(16-14-30)25-9-5-22(6-10-25)24-17-21(3)28-29-27(19-32(28)18-24)23-7-11-26(12-8-23)34(4)33/h5-12,17-20H,13-16H2,1-4H3. The van der Waals surface area contributed by atoms with Gasteiger partial charge in [-0.25, -0.2) is 4.98 Å². The van der Waals surface area contributed by atoms with Gasteiger partial charge in [-0.3, -0.25) is 9.11 Å². The van der Waals surface area contributed by atoms with Gasteiger partial charge in [-0.15, -0.1) is 0 Å². The van der Waals surface area contributed by atoms with Crippen molar-refractivity contribution in [1.29, 1.82) is 0 Å². The first-order chi connectivity index (χ1) is 16.4. The summed E-state index contributed by atoms with van der Waals surface area (Å²) in [4.78, 5) is 10.7. The minimum absolute atomic E-state index is 0.618. The monoisotopic (exact) mass is 472 g/mol. The highest BCUT2D eigenvalue weighted by Gasteiger charge is 2.19. The van der Waals surface area contributed by atoms with Crippen molar-refractivity contribution < 1.29 is 4.21 Å². The minimum atomic E-state index is -0.974. The summed E-state index contributed by atoms with van der Waals surface area (Å²) < 4.78 is 13.8. The molecule has 3 heterocycles. The number of pyridine rings is 1. The fraction of sp³-hybridized carbons (Fsp3) is 0.321. The molecule has 34 heavy (non-hydrogen) atoms. The lowest BCUT2D eigenvalue weighted by molar-refractivity contribution is 0.209. The Morgan fingerprint density at radius 2 is 1.50 bits per heavy atom. The van der Waals surface area contributed by atoms with E-state index in [0.717, 1.165) is 53.5 Å². The van der Waals surface area contributed by atoms with Gasteiger partial charge in [-0.1, -0.05) is 24.3 Å². The van der Waals surface area contributed by atoms with Crippen LogP contribution in [0.1, 0.15) is 19.4 Å². The Morgan fingerprint density at radius 1 is 0.853 bits per heavy atom. The predicted molar refractivity (Wildman–Crippen MR) is 142 cm³/mol. The third-order valence-corrected chi connectivity index (χ3v) is 7.76. The molecule has 0 saturated carbocycles. The molecule has 0 bridgehead atoms. The molecule has 1 aliphatic rings. The molecule has 0 aliphatic carbocycles. The largest absolute Gasteiger partial charge is 0.369 e. The van der Waals surface area contributed by atoms with Crippen molar-refractivity contribution >= 4 is 22.1 Å². The topological polar surface area (TPSA) is 40.9 Å². The summed E-state index contributed by atoms with van der Waals surface area (Å²) in [7, 11) is -0.974. The Balaban J connectivity index is 1.38. The van der Waals surface area contributed by atoms with E-state index in [1.54, 1.807) is 6.26 Å². The highest BCUT2D eigenvalue weighted by Crippen LogP contribution is 2.28. The molecule has 0 N–H and O–H groups in total.